The van der Waals surface area contributed by atoms with Crippen molar-refractivity contribution in [1.29, 1.82) is 0 Å². The van der Waals surface area contributed by atoms with Crippen molar-refractivity contribution in [1.82, 2.24) is 0 Å². The molecule has 38 valence electrons. The van der Waals surface area contributed by atoms with Crippen LogP contribution in [0, 0.1) is 28.1 Å². The summed E-state index contributed by atoms with van der Waals surface area (Å²) in [4.78, 5) is 0. The van der Waals surface area contributed by atoms with E-state index in [0.717, 1.165) is 22.2 Å². The predicted octanol–water partition coefficient (Wildman–Crippen LogP) is 1.19. The van der Waals surface area contributed by atoms with E-state index in [1.807, 2.05) is 0 Å². The van der Waals surface area contributed by atoms with Crippen LogP contribution in [0.4, 0.5) is 0 Å². The van der Waals surface area contributed by atoms with Crippen LogP contribution in [-0.4, -0.2) is 0 Å². The van der Waals surface area contributed by atoms with Crippen LogP contribution in [0.2, 0.25) is 0 Å². The van der Waals surface area contributed by atoms with Crippen LogP contribution < -0.4 is 0 Å². The molecule has 5 aliphatic rings. The lowest BCUT2D eigenvalue weighted by atomic mass is 10.1. The first kappa shape index (κ1) is 2.55. The predicted molar refractivity (Wildman–Crippen MR) is 28.0 cm³/mol. The highest BCUT2D eigenvalue weighted by molar-refractivity contribution is 5.91. The summed E-state index contributed by atoms with van der Waals surface area (Å²) in [6.45, 7) is 4.06. The van der Waals surface area contributed by atoms with Gasteiger partial charge in [0.1, 0.15) is 0 Å². The summed E-state index contributed by atoms with van der Waals surface area (Å²) in [7, 11) is 0. The molecule has 3 spiro atoms. The minimum atomic E-state index is 0.894. The lowest BCUT2D eigenvalue weighted by Gasteiger charge is -1.93. The van der Waals surface area contributed by atoms with Gasteiger partial charge in [-0.3, -0.25) is 0 Å². The van der Waals surface area contributed by atoms with Crippen molar-refractivity contribution >= 4 is 0 Å². The van der Waals surface area contributed by atoms with Crippen molar-refractivity contribution in [3.05, 3.63) is 12.2 Å². The van der Waals surface area contributed by atoms with Crippen LogP contribution in [-0.2, 0) is 0 Å². The third-order valence-corrected chi connectivity index (χ3v) is 5.04. The van der Waals surface area contributed by atoms with Gasteiger partial charge < -0.3 is 0 Å². The molecule has 0 nitrogen and oxygen atoms in total. The van der Waals surface area contributed by atoms with E-state index in [1.165, 1.54) is 5.92 Å². The molecule has 0 N–H and O–H groups in total. The Morgan fingerprint density at radius 3 is 2.62 bits per heavy atom. The van der Waals surface area contributed by atoms with Crippen LogP contribution in [0.5, 0.6) is 0 Å². The summed E-state index contributed by atoms with van der Waals surface area (Å²) in [5, 5.41) is 0. The van der Waals surface area contributed by atoms with Gasteiger partial charge in [-0.05, 0) is 29.1 Å². The Hall–Kier alpha value is -0.260. The molecule has 5 unspecified atom stereocenters. The third kappa shape index (κ3) is 0.0415. The fourth-order valence-electron chi connectivity index (χ4n) is 4.75. The summed E-state index contributed by atoms with van der Waals surface area (Å²) in [6, 6.07) is 0. The Labute approximate surface area is 47.6 Å². The highest BCUT2D eigenvalue weighted by Crippen LogP contribution is 3.38. The van der Waals surface area contributed by atoms with E-state index in [-0.39, 0.29) is 0 Å². The Morgan fingerprint density at radius 1 is 1.62 bits per heavy atom. The zero-order valence-corrected chi connectivity index (χ0v) is 4.57. The molecule has 0 aromatic heterocycles. The van der Waals surface area contributed by atoms with E-state index < -0.39 is 0 Å². The van der Waals surface area contributed by atoms with E-state index >= 15 is 0 Å². The molecule has 0 radical (unpaired) electrons. The van der Waals surface area contributed by atoms with Crippen LogP contribution in [0.1, 0.15) is 6.42 Å². The van der Waals surface area contributed by atoms with Gasteiger partial charge in [0, 0.05) is 5.41 Å². The van der Waals surface area contributed by atoms with Gasteiger partial charge in [-0.1, -0.05) is 12.2 Å². The molecule has 0 amide bonds. The van der Waals surface area contributed by atoms with Crippen LogP contribution in [0.3, 0.4) is 0 Å². The van der Waals surface area contributed by atoms with Crippen molar-refractivity contribution in [3.63, 3.8) is 0 Å². The zero-order chi connectivity index (χ0) is 4.94. The molecule has 5 aliphatic carbocycles. The highest BCUT2D eigenvalue weighted by Gasteiger charge is 3.36. The molecule has 5 atom stereocenters. The third-order valence-electron chi connectivity index (χ3n) is 5.04. The fourth-order valence-corrected chi connectivity index (χ4v) is 4.75. The molecule has 5 fully saturated rings. The second kappa shape index (κ2) is 0.289. The van der Waals surface area contributed by atoms with Crippen LogP contribution in [0.25, 0.3) is 0 Å². The zero-order valence-electron chi connectivity index (χ0n) is 4.57. The fraction of sp³-hybridized carbons (Fsp3) is 0.750. The molecular weight excluding hydrogens is 96.1 g/mol. The van der Waals surface area contributed by atoms with Crippen molar-refractivity contribution in [3.8, 4) is 0 Å². The van der Waals surface area contributed by atoms with Gasteiger partial charge in [0.25, 0.3) is 0 Å². The molecule has 0 heteroatoms. The molecule has 0 aliphatic heterocycles. The number of rotatable bonds is 0. The maximum Gasteiger partial charge on any atom is 0.0120 e. The Kier molecular flexibility index (Phi) is 0.0920. The SMILES string of the molecule is C=C1C2C13C14CC1C243. The van der Waals surface area contributed by atoms with Gasteiger partial charge in [-0.25, -0.2) is 0 Å². The van der Waals surface area contributed by atoms with Crippen molar-refractivity contribution in [2.45, 2.75) is 6.42 Å². The molecule has 0 aromatic carbocycles. The van der Waals surface area contributed by atoms with Crippen LogP contribution >= 0.6 is 0 Å². The van der Waals surface area contributed by atoms with Gasteiger partial charge in [0.2, 0.25) is 0 Å². The monoisotopic (exact) mass is 102 g/mol. The summed E-state index contributed by atoms with van der Waals surface area (Å²) in [5.74, 6) is 2.36. The van der Waals surface area contributed by atoms with Crippen molar-refractivity contribution in [2.75, 3.05) is 0 Å². The lowest BCUT2D eigenvalue weighted by molar-refractivity contribution is 0.613. The largest absolute Gasteiger partial charge is 0.0989 e. The Morgan fingerprint density at radius 2 is 2.50 bits per heavy atom. The number of allylic oxidation sites excluding steroid dienone is 1. The van der Waals surface area contributed by atoms with Crippen molar-refractivity contribution < 1.29 is 0 Å². The minimum absolute atomic E-state index is 0.894. The second-order valence-corrected chi connectivity index (χ2v) is 4.36. The molecule has 0 aromatic rings. The van der Waals surface area contributed by atoms with E-state index in [2.05, 4.69) is 6.58 Å². The Balaban J connectivity index is 2.09. The molecule has 0 saturated heterocycles. The maximum absolute atomic E-state index is 4.06. The standard InChI is InChI=1S/C8H6/c1-3-5-7(3)6-2-4(6)8(5,6)7/h4-5H,1-2H2. The summed E-state index contributed by atoms with van der Waals surface area (Å²) in [5.41, 5.74) is 4.56. The van der Waals surface area contributed by atoms with E-state index in [1.54, 1.807) is 12.0 Å². The van der Waals surface area contributed by atoms with Gasteiger partial charge in [0.05, 0.1) is 0 Å². The van der Waals surface area contributed by atoms with Gasteiger partial charge in [0.15, 0.2) is 0 Å². The van der Waals surface area contributed by atoms with E-state index in [9.17, 15) is 0 Å². The molecule has 5 saturated carbocycles. The molecular formula is C8H6. The maximum atomic E-state index is 4.06. The quantitative estimate of drug-likeness (QED) is 0.403. The first-order valence-electron chi connectivity index (χ1n) is 3.56. The van der Waals surface area contributed by atoms with Gasteiger partial charge >= 0.3 is 0 Å². The average molecular weight is 102 g/mol. The molecule has 5 rings (SSSR count). The number of hydrogen-bond acceptors (Lipinski definition) is 0. The molecule has 8 heavy (non-hydrogen) atoms. The van der Waals surface area contributed by atoms with Gasteiger partial charge in [-0.2, -0.15) is 0 Å². The first-order chi connectivity index (χ1) is 3.87. The molecule has 0 heterocycles. The Bertz CT molecular complexity index is 291. The van der Waals surface area contributed by atoms with E-state index in [0.29, 0.717) is 0 Å². The molecule has 0 bridgehead atoms. The van der Waals surface area contributed by atoms with Crippen molar-refractivity contribution in [2.24, 2.45) is 28.1 Å². The topological polar surface area (TPSA) is 0 Å². The summed E-state index contributed by atoms with van der Waals surface area (Å²) < 4.78 is 0. The average Bonchev–Trinajstić information content (AvgIpc) is 2.34. The lowest BCUT2D eigenvalue weighted by Crippen LogP contribution is -1.87. The smallest absolute Gasteiger partial charge is 0.0120 e. The van der Waals surface area contributed by atoms with Crippen LogP contribution in [0.15, 0.2) is 12.2 Å². The number of hydrogen-bond donors (Lipinski definition) is 0. The highest BCUT2D eigenvalue weighted by atomic mass is 15.4. The van der Waals surface area contributed by atoms with E-state index in [4.69, 9.17) is 0 Å². The normalized spacial score (nSPS) is 107. The minimum Gasteiger partial charge on any atom is -0.0989 e. The summed E-state index contributed by atoms with van der Waals surface area (Å²) in [6.07, 6.45) is 1.60. The summed E-state index contributed by atoms with van der Waals surface area (Å²) >= 11 is 0. The second-order valence-electron chi connectivity index (χ2n) is 4.36. The first-order valence-corrected chi connectivity index (χ1v) is 3.56. The van der Waals surface area contributed by atoms with Gasteiger partial charge in [-0.15, -0.1) is 0 Å².